The van der Waals surface area contributed by atoms with Gasteiger partial charge in [-0.05, 0) is 51.3 Å². The summed E-state index contributed by atoms with van der Waals surface area (Å²) in [5.74, 6) is -0.233. The Kier molecular flexibility index (Phi) is 7.16. The second kappa shape index (κ2) is 8.90. The minimum Gasteiger partial charge on any atom is -0.389 e. The average molecular weight is 339 g/mol. The van der Waals surface area contributed by atoms with Crippen LogP contribution in [0.1, 0.15) is 39.2 Å². The van der Waals surface area contributed by atoms with Crippen LogP contribution in [0.15, 0.2) is 24.3 Å². The Balaban J connectivity index is 1.92. The Hall–Kier alpha value is -1.01. The molecule has 0 aliphatic carbocycles. The fourth-order valence-corrected chi connectivity index (χ4v) is 2.82. The van der Waals surface area contributed by atoms with Crippen LogP contribution in [0, 0.1) is 5.82 Å². The van der Waals surface area contributed by atoms with Gasteiger partial charge in [0.05, 0.1) is 24.4 Å². The lowest BCUT2D eigenvalue weighted by Gasteiger charge is -2.29. The molecule has 0 radical (unpaired) electrons. The zero-order valence-electron chi connectivity index (χ0n) is 15.0. The molecule has 1 N–H and O–H groups in total. The van der Waals surface area contributed by atoms with Gasteiger partial charge in [-0.3, -0.25) is 4.90 Å². The van der Waals surface area contributed by atoms with Crippen LogP contribution in [-0.4, -0.2) is 54.1 Å². The van der Waals surface area contributed by atoms with E-state index in [1.54, 1.807) is 12.1 Å². The zero-order valence-corrected chi connectivity index (χ0v) is 15.0. The topological polar surface area (TPSA) is 41.9 Å². The summed E-state index contributed by atoms with van der Waals surface area (Å²) in [5.41, 5.74) is 0.760. The Morgan fingerprint density at radius 2 is 2.04 bits per heavy atom. The van der Waals surface area contributed by atoms with Crippen LogP contribution < -0.4 is 0 Å². The van der Waals surface area contributed by atoms with Crippen molar-refractivity contribution in [3.63, 3.8) is 0 Å². The van der Waals surface area contributed by atoms with Crippen LogP contribution in [0.4, 0.5) is 4.39 Å². The molecule has 1 aliphatic heterocycles. The second-order valence-electron chi connectivity index (χ2n) is 7.53. The third-order valence-corrected chi connectivity index (χ3v) is 3.98. The number of benzene rings is 1. The number of rotatable bonds is 8. The summed E-state index contributed by atoms with van der Waals surface area (Å²) in [6, 6.07) is 6.52. The van der Waals surface area contributed by atoms with Gasteiger partial charge in [0.2, 0.25) is 0 Å². The summed E-state index contributed by atoms with van der Waals surface area (Å²) in [4.78, 5) is 2.17. The van der Waals surface area contributed by atoms with Gasteiger partial charge in [-0.2, -0.15) is 0 Å². The van der Waals surface area contributed by atoms with E-state index in [0.29, 0.717) is 19.7 Å². The molecule has 1 fully saturated rings. The molecule has 4 nitrogen and oxygen atoms in total. The number of hydrogen-bond donors (Lipinski definition) is 1. The lowest BCUT2D eigenvalue weighted by molar-refractivity contribution is -0.0594. The molecular formula is C19H30FNO3. The van der Waals surface area contributed by atoms with E-state index in [4.69, 9.17) is 9.47 Å². The molecule has 0 aromatic heterocycles. The summed E-state index contributed by atoms with van der Waals surface area (Å²) in [6.45, 7) is 8.97. The number of hydrogen-bond acceptors (Lipinski definition) is 4. The predicted octanol–water partition coefficient (Wildman–Crippen LogP) is 2.98. The normalized spacial score (nSPS) is 19.8. The van der Waals surface area contributed by atoms with Gasteiger partial charge in [-0.15, -0.1) is 0 Å². The largest absolute Gasteiger partial charge is 0.389 e. The first-order valence-electron chi connectivity index (χ1n) is 8.72. The first-order chi connectivity index (χ1) is 11.3. The molecule has 0 saturated carbocycles. The Morgan fingerprint density at radius 3 is 2.62 bits per heavy atom. The first kappa shape index (κ1) is 19.3. The lowest BCUT2D eigenvalue weighted by atomic mass is 10.1. The maximum Gasteiger partial charge on any atom is 0.123 e. The molecule has 1 aliphatic rings. The fourth-order valence-electron chi connectivity index (χ4n) is 2.82. The van der Waals surface area contributed by atoms with E-state index in [0.717, 1.165) is 31.6 Å². The second-order valence-corrected chi connectivity index (χ2v) is 7.53. The molecule has 1 saturated heterocycles. The van der Waals surface area contributed by atoms with Gasteiger partial charge < -0.3 is 14.6 Å². The molecule has 0 spiro atoms. The summed E-state index contributed by atoms with van der Waals surface area (Å²) < 4.78 is 24.5. The smallest absolute Gasteiger partial charge is 0.123 e. The SMILES string of the molecule is CC(C)(C)OCC(O)CN(Cc1ccc(F)cc1)CC1CCCO1. The monoisotopic (exact) mass is 339 g/mol. The number of halogens is 1. The zero-order chi connectivity index (χ0) is 17.6. The van der Waals surface area contributed by atoms with Crippen molar-refractivity contribution in [1.82, 2.24) is 4.90 Å². The van der Waals surface area contributed by atoms with E-state index >= 15 is 0 Å². The summed E-state index contributed by atoms with van der Waals surface area (Å²) in [7, 11) is 0. The molecule has 0 amide bonds. The van der Waals surface area contributed by atoms with Gasteiger partial charge in [-0.25, -0.2) is 4.39 Å². The van der Waals surface area contributed by atoms with Gasteiger partial charge >= 0.3 is 0 Å². The van der Waals surface area contributed by atoms with Crippen LogP contribution >= 0.6 is 0 Å². The molecule has 1 aromatic rings. The van der Waals surface area contributed by atoms with Gasteiger partial charge in [0.15, 0.2) is 0 Å². The van der Waals surface area contributed by atoms with Gasteiger partial charge in [0.25, 0.3) is 0 Å². The standard InChI is InChI=1S/C19H30FNO3/c1-19(2,3)24-14-17(22)12-21(13-18-5-4-10-23-18)11-15-6-8-16(20)9-7-15/h6-9,17-18,22H,4-5,10-14H2,1-3H3. The maximum absolute atomic E-state index is 13.1. The molecule has 5 heteroatoms. The van der Waals surface area contributed by atoms with Crippen molar-refractivity contribution >= 4 is 0 Å². The number of aliphatic hydroxyl groups excluding tert-OH is 1. The number of nitrogens with zero attached hydrogens (tertiary/aromatic N) is 1. The van der Waals surface area contributed by atoms with E-state index < -0.39 is 6.10 Å². The number of aliphatic hydroxyl groups is 1. The molecule has 1 heterocycles. The molecule has 24 heavy (non-hydrogen) atoms. The predicted molar refractivity (Wildman–Crippen MR) is 92.4 cm³/mol. The highest BCUT2D eigenvalue weighted by molar-refractivity contribution is 5.15. The third kappa shape index (κ3) is 7.26. The Morgan fingerprint density at radius 1 is 1.33 bits per heavy atom. The maximum atomic E-state index is 13.1. The van der Waals surface area contributed by atoms with Crippen molar-refractivity contribution in [1.29, 1.82) is 0 Å². The van der Waals surface area contributed by atoms with Crippen molar-refractivity contribution in [2.75, 3.05) is 26.3 Å². The minimum atomic E-state index is -0.564. The van der Waals surface area contributed by atoms with E-state index in [1.165, 1.54) is 12.1 Å². The highest BCUT2D eigenvalue weighted by Gasteiger charge is 2.22. The molecule has 1 aromatic carbocycles. The number of ether oxygens (including phenoxy) is 2. The van der Waals surface area contributed by atoms with Crippen LogP contribution in [0.5, 0.6) is 0 Å². The molecule has 2 atom stereocenters. The Bertz CT molecular complexity index is 480. The van der Waals surface area contributed by atoms with Crippen molar-refractivity contribution in [3.8, 4) is 0 Å². The fraction of sp³-hybridized carbons (Fsp3) is 0.684. The summed E-state index contributed by atoms with van der Waals surface area (Å²) in [5, 5.41) is 10.3. The van der Waals surface area contributed by atoms with Crippen molar-refractivity contribution in [2.24, 2.45) is 0 Å². The van der Waals surface area contributed by atoms with Crippen LogP contribution in [0.3, 0.4) is 0 Å². The molecule has 136 valence electrons. The highest BCUT2D eigenvalue weighted by Crippen LogP contribution is 2.16. The third-order valence-electron chi connectivity index (χ3n) is 3.98. The lowest BCUT2D eigenvalue weighted by Crippen LogP contribution is -2.40. The van der Waals surface area contributed by atoms with Gasteiger partial charge in [-0.1, -0.05) is 12.1 Å². The minimum absolute atomic E-state index is 0.209. The van der Waals surface area contributed by atoms with Gasteiger partial charge in [0, 0.05) is 26.2 Å². The quantitative estimate of drug-likeness (QED) is 0.791. The van der Waals surface area contributed by atoms with Crippen molar-refractivity contribution < 1.29 is 19.0 Å². The summed E-state index contributed by atoms with van der Waals surface area (Å²) >= 11 is 0. The molecule has 0 bridgehead atoms. The molecule has 2 rings (SSSR count). The Labute approximate surface area is 144 Å². The van der Waals surface area contributed by atoms with E-state index in [9.17, 15) is 9.50 Å². The van der Waals surface area contributed by atoms with E-state index in [2.05, 4.69) is 4.90 Å². The first-order valence-corrected chi connectivity index (χ1v) is 8.72. The van der Waals surface area contributed by atoms with E-state index in [-0.39, 0.29) is 17.5 Å². The molecular weight excluding hydrogens is 309 g/mol. The van der Waals surface area contributed by atoms with Crippen molar-refractivity contribution in [3.05, 3.63) is 35.6 Å². The summed E-state index contributed by atoms with van der Waals surface area (Å²) in [6.07, 6.45) is 1.78. The van der Waals surface area contributed by atoms with Gasteiger partial charge in [0.1, 0.15) is 5.82 Å². The van der Waals surface area contributed by atoms with E-state index in [1.807, 2.05) is 20.8 Å². The van der Waals surface area contributed by atoms with Crippen LogP contribution in [0.25, 0.3) is 0 Å². The highest BCUT2D eigenvalue weighted by atomic mass is 19.1. The average Bonchev–Trinajstić information content (AvgIpc) is 3.00. The van der Waals surface area contributed by atoms with Crippen molar-refractivity contribution in [2.45, 2.75) is 58.0 Å². The van der Waals surface area contributed by atoms with Crippen LogP contribution in [0.2, 0.25) is 0 Å². The van der Waals surface area contributed by atoms with Crippen LogP contribution in [-0.2, 0) is 16.0 Å². The molecule has 2 unspecified atom stereocenters.